The van der Waals surface area contributed by atoms with Gasteiger partial charge in [-0.05, 0) is 43.5 Å². The highest BCUT2D eigenvalue weighted by Gasteiger charge is 2.35. The van der Waals surface area contributed by atoms with Crippen LogP contribution in [0.5, 0.6) is 0 Å². The van der Waals surface area contributed by atoms with Crippen molar-refractivity contribution in [3.63, 3.8) is 0 Å². The van der Waals surface area contributed by atoms with E-state index in [1.54, 1.807) is 12.1 Å². The van der Waals surface area contributed by atoms with Crippen LogP contribution >= 0.6 is 0 Å². The first-order valence-corrected chi connectivity index (χ1v) is 7.12. The number of nitrogens with one attached hydrogen (secondary N) is 1. The summed E-state index contributed by atoms with van der Waals surface area (Å²) < 4.78 is 12.8. The zero-order valence-electron chi connectivity index (χ0n) is 10.9. The molecule has 2 bridgehead atoms. The summed E-state index contributed by atoms with van der Waals surface area (Å²) in [6, 6.07) is 7.37. The minimum absolute atomic E-state index is 0.0787. The molecule has 0 saturated carbocycles. The summed E-state index contributed by atoms with van der Waals surface area (Å²) in [5.41, 5.74) is 0.543. The van der Waals surface area contributed by atoms with E-state index in [2.05, 4.69) is 10.6 Å². The number of hydrogen-bond acceptors (Lipinski definition) is 1. The molecule has 19 heavy (non-hydrogen) atoms. The number of carbonyl (C=O) groups excluding carboxylic acids is 1. The normalized spacial score (nSPS) is 29.8. The van der Waals surface area contributed by atoms with Gasteiger partial charge in [0.2, 0.25) is 0 Å². The third-order valence-electron chi connectivity index (χ3n) is 4.31. The van der Waals surface area contributed by atoms with Gasteiger partial charge in [-0.1, -0.05) is 0 Å². The van der Waals surface area contributed by atoms with E-state index in [0.29, 0.717) is 17.6 Å². The van der Waals surface area contributed by atoms with Crippen molar-refractivity contribution >= 4 is 5.91 Å². The second-order valence-electron chi connectivity index (χ2n) is 5.79. The van der Waals surface area contributed by atoms with Crippen LogP contribution in [0.3, 0.4) is 0 Å². The minimum atomic E-state index is -0.307. The van der Waals surface area contributed by atoms with E-state index >= 15 is 0 Å². The summed E-state index contributed by atoms with van der Waals surface area (Å²) in [5.74, 6) is -0.386. The number of carbonyl (C=O) groups is 1. The van der Waals surface area contributed by atoms with Crippen molar-refractivity contribution in [1.82, 2.24) is 5.32 Å². The molecule has 4 heteroatoms. The molecule has 2 fully saturated rings. The van der Waals surface area contributed by atoms with Gasteiger partial charge in [0.05, 0.1) is 12.1 Å². The molecule has 1 unspecified atom stereocenters. The molecular formula is C15H20FN2O+. The smallest absolute Gasteiger partial charge is 0.251 e. The Morgan fingerprint density at radius 2 is 1.79 bits per heavy atom. The van der Waals surface area contributed by atoms with Gasteiger partial charge >= 0.3 is 0 Å². The Kier molecular flexibility index (Phi) is 3.51. The van der Waals surface area contributed by atoms with E-state index in [0.717, 1.165) is 12.8 Å². The molecule has 0 aromatic heterocycles. The van der Waals surface area contributed by atoms with Crippen molar-refractivity contribution in [2.45, 2.75) is 50.2 Å². The number of halogens is 1. The Bertz CT molecular complexity index is 448. The van der Waals surface area contributed by atoms with Crippen LogP contribution in [0.4, 0.5) is 4.39 Å². The SMILES string of the molecule is O=C(NC1C[C@H]2CCC[C@@H](C1)[NH2+]2)c1ccc(F)cc1. The largest absolute Gasteiger partial charge is 0.349 e. The van der Waals surface area contributed by atoms with Gasteiger partial charge in [0.15, 0.2) is 0 Å². The van der Waals surface area contributed by atoms with E-state index in [-0.39, 0.29) is 17.8 Å². The van der Waals surface area contributed by atoms with Gasteiger partial charge < -0.3 is 10.6 Å². The third kappa shape index (κ3) is 2.95. The van der Waals surface area contributed by atoms with Crippen LogP contribution in [-0.2, 0) is 0 Å². The van der Waals surface area contributed by atoms with Gasteiger partial charge in [-0.2, -0.15) is 0 Å². The van der Waals surface area contributed by atoms with Crippen molar-refractivity contribution in [2.75, 3.05) is 0 Å². The number of quaternary nitrogens is 1. The maximum atomic E-state index is 12.8. The monoisotopic (exact) mass is 263 g/mol. The second kappa shape index (κ2) is 5.29. The molecule has 102 valence electrons. The lowest BCUT2D eigenvalue weighted by molar-refractivity contribution is -0.739. The van der Waals surface area contributed by atoms with Crippen molar-refractivity contribution in [2.24, 2.45) is 0 Å². The fourth-order valence-corrected chi connectivity index (χ4v) is 3.43. The van der Waals surface area contributed by atoms with E-state index < -0.39 is 0 Å². The van der Waals surface area contributed by atoms with Crippen LogP contribution in [0.2, 0.25) is 0 Å². The molecule has 1 aromatic carbocycles. The Hall–Kier alpha value is -1.42. The average molecular weight is 263 g/mol. The summed E-state index contributed by atoms with van der Waals surface area (Å²) in [6.07, 6.45) is 5.97. The number of hydrogen-bond donors (Lipinski definition) is 2. The molecular weight excluding hydrogens is 243 g/mol. The molecule has 0 spiro atoms. The molecule has 1 aromatic rings. The highest BCUT2D eigenvalue weighted by atomic mass is 19.1. The predicted molar refractivity (Wildman–Crippen MR) is 70.2 cm³/mol. The third-order valence-corrected chi connectivity index (χ3v) is 4.31. The van der Waals surface area contributed by atoms with E-state index in [1.165, 1.54) is 31.4 Å². The number of rotatable bonds is 2. The van der Waals surface area contributed by atoms with Crippen LogP contribution in [0.15, 0.2) is 24.3 Å². The van der Waals surface area contributed by atoms with E-state index in [9.17, 15) is 9.18 Å². The quantitative estimate of drug-likeness (QED) is 0.827. The van der Waals surface area contributed by atoms with Crippen molar-refractivity contribution in [1.29, 1.82) is 0 Å². The Morgan fingerprint density at radius 3 is 2.42 bits per heavy atom. The van der Waals surface area contributed by atoms with Crippen molar-refractivity contribution < 1.29 is 14.5 Å². The Balaban J connectivity index is 1.61. The van der Waals surface area contributed by atoms with Gasteiger partial charge in [0.1, 0.15) is 5.82 Å². The van der Waals surface area contributed by atoms with Crippen LogP contribution in [0.25, 0.3) is 0 Å². The maximum absolute atomic E-state index is 12.8. The van der Waals surface area contributed by atoms with Crippen LogP contribution < -0.4 is 10.6 Å². The lowest BCUT2D eigenvalue weighted by Crippen LogP contribution is -2.98. The second-order valence-corrected chi connectivity index (χ2v) is 5.79. The summed E-state index contributed by atoms with van der Waals surface area (Å²) in [4.78, 5) is 12.1. The van der Waals surface area contributed by atoms with Crippen molar-refractivity contribution in [3.05, 3.63) is 35.6 Å². The molecule has 3 atom stereocenters. The zero-order chi connectivity index (χ0) is 13.2. The molecule has 0 radical (unpaired) electrons. The molecule has 1 amide bonds. The lowest BCUT2D eigenvalue weighted by Gasteiger charge is -2.37. The van der Waals surface area contributed by atoms with Crippen LogP contribution in [0.1, 0.15) is 42.5 Å². The van der Waals surface area contributed by atoms with Gasteiger partial charge in [-0.3, -0.25) is 4.79 Å². The molecule has 3 rings (SSSR count). The average Bonchev–Trinajstić information content (AvgIpc) is 2.39. The first-order valence-electron chi connectivity index (χ1n) is 7.12. The first kappa shape index (κ1) is 12.6. The summed E-state index contributed by atoms with van der Waals surface area (Å²) >= 11 is 0. The summed E-state index contributed by atoms with van der Waals surface area (Å²) in [5, 5.41) is 5.58. The van der Waals surface area contributed by atoms with Crippen LogP contribution in [-0.4, -0.2) is 24.0 Å². The topological polar surface area (TPSA) is 45.7 Å². The standard InChI is InChI=1S/C15H19FN2O/c16-11-6-4-10(5-7-11)15(19)18-14-8-12-2-1-3-13(9-14)17-12/h4-7,12-14,17H,1-3,8-9H2,(H,18,19)/p+1/t12-,13+,14?. The summed E-state index contributed by atoms with van der Waals surface area (Å²) in [7, 11) is 0. The van der Waals surface area contributed by atoms with Crippen molar-refractivity contribution in [3.8, 4) is 0 Å². The predicted octanol–water partition coefficient (Wildman–Crippen LogP) is 1.20. The molecule has 3 N–H and O–H groups in total. The number of fused-ring (bicyclic) bond motifs is 2. The minimum Gasteiger partial charge on any atom is -0.349 e. The van der Waals surface area contributed by atoms with E-state index in [1.807, 2.05) is 0 Å². The zero-order valence-corrected chi connectivity index (χ0v) is 10.9. The summed E-state index contributed by atoms with van der Waals surface area (Å²) in [6.45, 7) is 0. The molecule has 0 aliphatic carbocycles. The molecule has 2 saturated heterocycles. The molecule has 2 heterocycles. The lowest BCUT2D eigenvalue weighted by atomic mass is 9.84. The van der Waals surface area contributed by atoms with Gasteiger partial charge in [0, 0.05) is 24.4 Å². The Labute approximate surface area is 112 Å². The number of amides is 1. The molecule has 3 nitrogen and oxygen atoms in total. The van der Waals surface area contributed by atoms with Gasteiger partial charge in [-0.15, -0.1) is 0 Å². The maximum Gasteiger partial charge on any atom is 0.251 e. The van der Waals surface area contributed by atoms with Gasteiger partial charge in [0.25, 0.3) is 5.91 Å². The first-order chi connectivity index (χ1) is 9.20. The van der Waals surface area contributed by atoms with E-state index in [4.69, 9.17) is 0 Å². The highest BCUT2D eigenvalue weighted by Crippen LogP contribution is 2.20. The fourth-order valence-electron chi connectivity index (χ4n) is 3.43. The fraction of sp³-hybridized carbons (Fsp3) is 0.533. The Morgan fingerprint density at radius 1 is 1.16 bits per heavy atom. The molecule has 2 aliphatic heterocycles. The van der Waals surface area contributed by atoms with Gasteiger partial charge in [-0.25, -0.2) is 4.39 Å². The van der Waals surface area contributed by atoms with Crippen LogP contribution in [0, 0.1) is 5.82 Å². The molecule has 2 aliphatic rings. The highest BCUT2D eigenvalue weighted by molar-refractivity contribution is 5.94. The number of benzene rings is 1. The number of piperidine rings is 2. The number of nitrogens with two attached hydrogens (primary N) is 1.